The molecule has 4 aromatic rings. The largest absolute Gasteiger partial charge is 0.478 e. The zero-order valence-electron chi connectivity index (χ0n) is 24.3. The van der Waals surface area contributed by atoms with Crippen molar-refractivity contribution in [2.24, 2.45) is 25.6 Å². The number of carboxylic acid groups (broad SMARTS) is 1. The van der Waals surface area contributed by atoms with Crippen LogP contribution in [0.4, 0.5) is 39.8 Å². The molecule has 0 atom stereocenters. The predicted molar refractivity (Wildman–Crippen MR) is 177 cm³/mol. The molecule has 4 aromatic carbocycles. The van der Waals surface area contributed by atoms with Gasteiger partial charge in [0.1, 0.15) is 16.9 Å². The Kier molecular flexibility index (Phi) is 9.25. The molecule has 0 amide bonds. The van der Waals surface area contributed by atoms with Crippen LogP contribution in [0, 0.1) is 13.8 Å². The van der Waals surface area contributed by atoms with Gasteiger partial charge in [0.25, 0.3) is 0 Å². The van der Waals surface area contributed by atoms with Crippen molar-refractivity contribution in [3.63, 3.8) is 0 Å². The molecule has 6 N–H and O–H groups in total. The maximum Gasteiger partial charge on any atom is 0.339 e. The molecule has 0 aromatic heterocycles. The van der Waals surface area contributed by atoms with Crippen LogP contribution in [-0.4, -0.2) is 22.6 Å². The molecule has 0 saturated carbocycles. The summed E-state index contributed by atoms with van der Waals surface area (Å²) in [7, 11) is 0. The summed E-state index contributed by atoms with van der Waals surface area (Å²) in [5.74, 6) is -1.85. The summed E-state index contributed by atoms with van der Waals surface area (Å²) in [5, 5.41) is 30.6. The molecular formula is C33H28N8O3S. The first-order chi connectivity index (χ1) is 21.7. The number of carboxylic acids is 1. The normalized spacial score (nSPS) is 14.0. The summed E-state index contributed by atoms with van der Waals surface area (Å²) in [5.41, 5.74) is 21.0. The second-order valence-corrected chi connectivity index (χ2v) is 11.1. The first kappa shape index (κ1) is 30.6. The Labute approximate surface area is 263 Å². The van der Waals surface area contributed by atoms with E-state index in [1.807, 2.05) is 86.6 Å². The van der Waals surface area contributed by atoms with Crippen molar-refractivity contribution >= 4 is 69.0 Å². The van der Waals surface area contributed by atoms with Crippen LogP contribution in [0.15, 0.2) is 138 Å². The van der Waals surface area contributed by atoms with Crippen molar-refractivity contribution in [1.82, 2.24) is 0 Å². The second kappa shape index (κ2) is 13.6. The average Bonchev–Trinajstić information content (AvgIpc) is 3.04. The SMILES string of the molecule is Cc1ccc(N=Nc2c(N)c(C)cc(N=Nc3ccc(Sc4ccc(N/N=C5\C=CC(=O)C(C(=O)O)=C5)cc4)cc3)c2N)cc1. The van der Waals surface area contributed by atoms with Crippen molar-refractivity contribution in [3.8, 4) is 0 Å². The monoisotopic (exact) mass is 616 g/mol. The fourth-order valence-electron chi connectivity index (χ4n) is 4.03. The van der Waals surface area contributed by atoms with E-state index in [-0.39, 0.29) is 5.57 Å². The number of ketones is 1. The van der Waals surface area contributed by atoms with Crippen LogP contribution in [0.3, 0.4) is 0 Å². The molecule has 0 aliphatic heterocycles. The topological polar surface area (TPSA) is 180 Å². The maximum atomic E-state index is 11.6. The minimum absolute atomic E-state index is 0.293. The number of nitrogens with two attached hydrogens (primary N) is 2. The number of nitrogens with one attached hydrogen (secondary N) is 1. The van der Waals surface area contributed by atoms with E-state index in [9.17, 15) is 9.59 Å². The van der Waals surface area contributed by atoms with Crippen molar-refractivity contribution in [3.05, 3.63) is 114 Å². The van der Waals surface area contributed by atoms with Crippen LogP contribution in [0.5, 0.6) is 0 Å². The van der Waals surface area contributed by atoms with Gasteiger partial charge in [-0.3, -0.25) is 10.2 Å². The van der Waals surface area contributed by atoms with Crippen molar-refractivity contribution in [1.29, 1.82) is 0 Å². The summed E-state index contributed by atoms with van der Waals surface area (Å²) < 4.78 is 0. The highest BCUT2D eigenvalue weighted by molar-refractivity contribution is 7.99. The minimum Gasteiger partial charge on any atom is -0.478 e. The van der Waals surface area contributed by atoms with Crippen molar-refractivity contribution in [2.45, 2.75) is 23.6 Å². The zero-order chi connectivity index (χ0) is 31.9. The highest BCUT2D eigenvalue weighted by Gasteiger charge is 2.18. The molecule has 0 heterocycles. The van der Waals surface area contributed by atoms with E-state index in [1.54, 1.807) is 17.8 Å². The minimum atomic E-state index is -1.29. The van der Waals surface area contributed by atoms with Crippen LogP contribution < -0.4 is 16.9 Å². The number of nitrogens with zero attached hydrogens (tertiary/aromatic N) is 5. The van der Waals surface area contributed by atoms with Gasteiger partial charge in [0.15, 0.2) is 5.78 Å². The molecule has 0 saturated heterocycles. The summed E-state index contributed by atoms with van der Waals surface area (Å²) in [6, 6.07) is 24.6. The molecule has 12 heteroatoms. The number of aliphatic carboxylic acids is 1. The molecule has 0 fully saturated rings. The Morgan fingerprint density at radius 2 is 1.38 bits per heavy atom. The molecule has 1 aliphatic carbocycles. The standard InChI is InChI=1S/C33H28N8O3S/c1-19-3-5-21(6-4-19)38-41-32-30(34)20(2)17-28(31(32)35)40-37-23-9-14-26(15-10-23)45-25-12-7-22(8-13-25)36-39-24-11-16-29(42)27(18-24)33(43)44/h3-18,36H,34-35H2,1-2H3,(H,43,44)/b39-24+,40-37?,41-38?. The quantitative estimate of drug-likeness (QED) is 0.0479. The van der Waals surface area contributed by atoms with Crippen LogP contribution in [0.2, 0.25) is 0 Å². The van der Waals surface area contributed by atoms with E-state index in [4.69, 9.17) is 16.6 Å². The van der Waals surface area contributed by atoms with Gasteiger partial charge in [-0.05, 0) is 104 Å². The number of rotatable bonds is 9. The summed E-state index contributed by atoms with van der Waals surface area (Å²) >= 11 is 1.57. The molecule has 11 nitrogen and oxygen atoms in total. The van der Waals surface area contributed by atoms with Gasteiger partial charge in [0.05, 0.1) is 34.1 Å². The van der Waals surface area contributed by atoms with Gasteiger partial charge in [0, 0.05) is 9.79 Å². The van der Waals surface area contributed by atoms with Gasteiger partial charge in [-0.15, -0.1) is 10.2 Å². The third-order valence-corrected chi connectivity index (χ3v) is 7.59. The van der Waals surface area contributed by atoms with Gasteiger partial charge < -0.3 is 16.6 Å². The molecule has 45 heavy (non-hydrogen) atoms. The van der Waals surface area contributed by atoms with E-state index in [1.165, 1.54) is 18.2 Å². The molecule has 0 radical (unpaired) electrons. The fraction of sp³-hybridized carbons (Fsp3) is 0.0606. The van der Waals surface area contributed by atoms with E-state index in [0.29, 0.717) is 45.5 Å². The number of anilines is 3. The van der Waals surface area contributed by atoms with Crippen LogP contribution >= 0.6 is 11.8 Å². The summed E-state index contributed by atoms with van der Waals surface area (Å²) in [6.45, 7) is 3.85. The molecule has 5 rings (SSSR count). The molecule has 1 aliphatic rings. The van der Waals surface area contributed by atoms with Gasteiger partial charge >= 0.3 is 5.97 Å². The Hall–Kier alpha value is -5.88. The lowest BCUT2D eigenvalue weighted by Gasteiger charge is -2.09. The number of carbonyl (C=O) groups is 2. The van der Waals surface area contributed by atoms with E-state index >= 15 is 0 Å². The predicted octanol–water partition coefficient (Wildman–Crippen LogP) is 8.37. The van der Waals surface area contributed by atoms with Gasteiger partial charge in [-0.25, -0.2) is 4.79 Å². The lowest BCUT2D eigenvalue weighted by molar-refractivity contribution is -0.134. The smallest absolute Gasteiger partial charge is 0.339 e. The van der Waals surface area contributed by atoms with Crippen molar-refractivity contribution < 1.29 is 14.7 Å². The maximum absolute atomic E-state index is 11.6. The Morgan fingerprint density at radius 3 is 2.02 bits per heavy atom. The Bertz CT molecular complexity index is 1910. The average molecular weight is 617 g/mol. The Morgan fingerprint density at radius 1 is 0.778 bits per heavy atom. The molecular weight excluding hydrogens is 588 g/mol. The van der Waals surface area contributed by atoms with E-state index < -0.39 is 11.8 Å². The Balaban J connectivity index is 1.22. The number of allylic oxidation sites excluding steroid dienone is 3. The summed E-state index contributed by atoms with van der Waals surface area (Å²) in [4.78, 5) is 24.8. The third kappa shape index (κ3) is 7.75. The molecule has 0 unspecified atom stereocenters. The number of nitrogen functional groups attached to an aromatic ring is 2. The van der Waals surface area contributed by atoms with Crippen LogP contribution in [-0.2, 0) is 9.59 Å². The van der Waals surface area contributed by atoms with Crippen LogP contribution in [0.1, 0.15) is 11.1 Å². The molecule has 0 bridgehead atoms. The number of hydrogen-bond acceptors (Lipinski definition) is 11. The van der Waals surface area contributed by atoms with E-state index in [2.05, 4.69) is 31.0 Å². The van der Waals surface area contributed by atoms with Crippen molar-refractivity contribution in [2.75, 3.05) is 16.9 Å². The molecule has 224 valence electrons. The highest BCUT2D eigenvalue weighted by Crippen LogP contribution is 2.41. The highest BCUT2D eigenvalue weighted by atomic mass is 32.2. The van der Waals surface area contributed by atoms with Crippen LogP contribution in [0.25, 0.3) is 0 Å². The number of aryl methyl sites for hydroxylation is 2. The van der Waals surface area contributed by atoms with Gasteiger partial charge in [-0.1, -0.05) is 29.5 Å². The number of hydrazone groups is 1. The number of benzene rings is 4. The van der Waals surface area contributed by atoms with Gasteiger partial charge in [-0.2, -0.15) is 15.3 Å². The number of carbonyl (C=O) groups excluding carboxylic acids is 1. The number of hydrogen-bond donors (Lipinski definition) is 4. The van der Waals surface area contributed by atoms with E-state index in [0.717, 1.165) is 20.9 Å². The first-order valence-corrected chi connectivity index (χ1v) is 14.5. The zero-order valence-corrected chi connectivity index (χ0v) is 25.1. The second-order valence-electron chi connectivity index (χ2n) is 9.95. The summed E-state index contributed by atoms with van der Waals surface area (Å²) in [6.07, 6.45) is 3.87. The van der Waals surface area contributed by atoms with Gasteiger partial charge in [0.2, 0.25) is 0 Å². The lowest BCUT2D eigenvalue weighted by atomic mass is 10.0. The molecule has 0 spiro atoms. The number of azo groups is 2. The fourth-order valence-corrected chi connectivity index (χ4v) is 4.85. The third-order valence-electron chi connectivity index (χ3n) is 6.57. The lowest BCUT2D eigenvalue weighted by Crippen LogP contribution is -2.15. The first-order valence-electron chi connectivity index (χ1n) is 13.6.